The molecule has 1 aliphatic rings. The van der Waals surface area contributed by atoms with Gasteiger partial charge >= 0.3 is 0 Å². The smallest absolute Gasteiger partial charge is 0.249 e. The van der Waals surface area contributed by atoms with Gasteiger partial charge in [0.15, 0.2) is 0 Å². The van der Waals surface area contributed by atoms with Crippen LogP contribution in [0.2, 0.25) is 0 Å². The van der Waals surface area contributed by atoms with E-state index in [-0.39, 0.29) is 18.4 Å². The van der Waals surface area contributed by atoms with Crippen LogP contribution in [0.15, 0.2) is 0 Å². The van der Waals surface area contributed by atoms with E-state index in [4.69, 9.17) is 6.42 Å². The Labute approximate surface area is 96.4 Å². The third kappa shape index (κ3) is 2.19. The summed E-state index contributed by atoms with van der Waals surface area (Å²) < 4.78 is 0. The number of nitrogens with zero attached hydrogens (tertiary/aromatic N) is 1. The largest absolute Gasteiger partial charge is 0.342 e. The summed E-state index contributed by atoms with van der Waals surface area (Å²) in [6, 6.07) is 0. The molecule has 0 aromatic rings. The van der Waals surface area contributed by atoms with Crippen molar-refractivity contribution in [2.75, 3.05) is 13.1 Å². The zero-order valence-electron chi connectivity index (χ0n) is 9.88. The van der Waals surface area contributed by atoms with Gasteiger partial charge in [0.05, 0.1) is 6.54 Å². The minimum Gasteiger partial charge on any atom is -0.342 e. The van der Waals surface area contributed by atoms with Crippen LogP contribution in [0.1, 0.15) is 33.1 Å². The van der Waals surface area contributed by atoms with Crippen molar-refractivity contribution in [2.45, 2.75) is 38.6 Å². The predicted octanol–water partition coefficient (Wildman–Crippen LogP) is 0.527. The van der Waals surface area contributed by atoms with E-state index in [2.05, 4.69) is 11.2 Å². The van der Waals surface area contributed by atoms with E-state index in [1.165, 1.54) is 0 Å². The normalized spacial score (nSPS) is 19.9. The highest BCUT2D eigenvalue weighted by molar-refractivity contribution is 5.93. The number of hydrogen-bond acceptors (Lipinski definition) is 2. The first-order chi connectivity index (χ1) is 7.59. The van der Waals surface area contributed by atoms with Gasteiger partial charge in [0, 0.05) is 13.0 Å². The molecule has 0 bridgehead atoms. The quantitative estimate of drug-likeness (QED) is 0.708. The standard InChI is InChI=1S/C12H18N2O2/c1-4-8-14-9-7-10(15)13-12(5-2,6-3)11(14)16/h1H,5-9H2,2-3H3,(H,13,15). The lowest BCUT2D eigenvalue weighted by Crippen LogP contribution is -2.56. The Morgan fingerprint density at radius 1 is 1.44 bits per heavy atom. The van der Waals surface area contributed by atoms with E-state index in [0.717, 1.165) is 0 Å². The molecule has 0 saturated carbocycles. The van der Waals surface area contributed by atoms with E-state index in [1.807, 2.05) is 13.8 Å². The number of carbonyl (C=O) groups is 2. The highest BCUT2D eigenvalue weighted by Gasteiger charge is 2.41. The van der Waals surface area contributed by atoms with Crippen molar-refractivity contribution in [3.8, 4) is 12.3 Å². The van der Waals surface area contributed by atoms with Gasteiger partial charge in [-0.05, 0) is 12.8 Å². The van der Waals surface area contributed by atoms with Crippen molar-refractivity contribution in [1.82, 2.24) is 10.2 Å². The van der Waals surface area contributed by atoms with Crippen LogP contribution in [0.4, 0.5) is 0 Å². The summed E-state index contributed by atoms with van der Waals surface area (Å²) in [6.45, 7) is 4.49. The summed E-state index contributed by atoms with van der Waals surface area (Å²) in [5.41, 5.74) is -0.759. The van der Waals surface area contributed by atoms with Crippen molar-refractivity contribution >= 4 is 11.8 Å². The molecule has 0 spiro atoms. The van der Waals surface area contributed by atoms with Crippen LogP contribution >= 0.6 is 0 Å². The molecule has 16 heavy (non-hydrogen) atoms. The second-order valence-corrected chi connectivity index (χ2v) is 4.02. The number of carbonyl (C=O) groups excluding carboxylic acids is 2. The summed E-state index contributed by atoms with van der Waals surface area (Å²) >= 11 is 0. The third-order valence-corrected chi connectivity index (χ3v) is 3.17. The zero-order valence-corrected chi connectivity index (χ0v) is 9.88. The van der Waals surface area contributed by atoms with Gasteiger partial charge in [0.25, 0.3) is 0 Å². The average Bonchev–Trinajstić information content (AvgIpc) is 2.41. The first-order valence-corrected chi connectivity index (χ1v) is 5.63. The first-order valence-electron chi connectivity index (χ1n) is 5.63. The fourth-order valence-corrected chi connectivity index (χ4v) is 2.01. The van der Waals surface area contributed by atoms with Crippen molar-refractivity contribution in [1.29, 1.82) is 0 Å². The summed E-state index contributed by atoms with van der Waals surface area (Å²) in [5.74, 6) is 2.34. The summed E-state index contributed by atoms with van der Waals surface area (Å²) in [4.78, 5) is 25.4. The molecule has 0 aromatic carbocycles. The van der Waals surface area contributed by atoms with Crippen LogP contribution in [-0.2, 0) is 9.59 Å². The van der Waals surface area contributed by atoms with E-state index in [0.29, 0.717) is 25.8 Å². The molecule has 2 amide bonds. The van der Waals surface area contributed by atoms with E-state index in [9.17, 15) is 9.59 Å². The van der Waals surface area contributed by atoms with Gasteiger partial charge in [-0.15, -0.1) is 6.42 Å². The van der Waals surface area contributed by atoms with Gasteiger partial charge in [-0.3, -0.25) is 9.59 Å². The van der Waals surface area contributed by atoms with Crippen LogP contribution < -0.4 is 5.32 Å². The van der Waals surface area contributed by atoms with Gasteiger partial charge in [-0.2, -0.15) is 0 Å². The molecule has 1 N–H and O–H groups in total. The Bertz CT molecular complexity index is 326. The maximum atomic E-state index is 12.3. The number of nitrogens with one attached hydrogen (secondary N) is 1. The Balaban J connectivity index is 3.01. The Hall–Kier alpha value is -1.50. The molecule has 0 aliphatic carbocycles. The topological polar surface area (TPSA) is 49.4 Å². The van der Waals surface area contributed by atoms with Crippen LogP contribution in [-0.4, -0.2) is 35.3 Å². The first kappa shape index (κ1) is 12.6. The minimum atomic E-state index is -0.759. The molecular formula is C12H18N2O2. The Morgan fingerprint density at radius 2 is 2.06 bits per heavy atom. The van der Waals surface area contributed by atoms with Crippen molar-refractivity contribution < 1.29 is 9.59 Å². The molecule has 1 aliphatic heterocycles. The second-order valence-electron chi connectivity index (χ2n) is 4.02. The van der Waals surface area contributed by atoms with Crippen LogP contribution in [0.3, 0.4) is 0 Å². The fraction of sp³-hybridized carbons (Fsp3) is 0.667. The summed E-state index contributed by atoms with van der Waals surface area (Å²) in [5, 5.41) is 2.83. The van der Waals surface area contributed by atoms with Crippen LogP contribution in [0.25, 0.3) is 0 Å². The molecular weight excluding hydrogens is 204 g/mol. The molecule has 1 saturated heterocycles. The van der Waals surface area contributed by atoms with Gasteiger partial charge < -0.3 is 10.2 Å². The maximum Gasteiger partial charge on any atom is 0.249 e. The fourth-order valence-electron chi connectivity index (χ4n) is 2.01. The molecule has 0 unspecified atom stereocenters. The van der Waals surface area contributed by atoms with Crippen LogP contribution in [0.5, 0.6) is 0 Å². The predicted molar refractivity (Wildman–Crippen MR) is 61.5 cm³/mol. The lowest BCUT2D eigenvalue weighted by molar-refractivity contribution is -0.138. The Morgan fingerprint density at radius 3 is 2.56 bits per heavy atom. The number of terminal acetylenes is 1. The molecule has 1 heterocycles. The SMILES string of the molecule is C#CCN1CCC(=O)NC(CC)(CC)C1=O. The zero-order chi connectivity index (χ0) is 12.2. The lowest BCUT2D eigenvalue weighted by atomic mass is 9.91. The minimum absolute atomic E-state index is 0.0544. The van der Waals surface area contributed by atoms with Gasteiger partial charge in [-0.1, -0.05) is 19.8 Å². The highest BCUT2D eigenvalue weighted by Crippen LogP contribution is 2.21. The Kier molecular flexibility index (Phi) is 3.94. The molecule has 88 valence electrons. The van der Waals surface area contributed by atoms with Gasteiger partial charge in [0.1, 0.15) is 5.54 Å². The molecule has 0 radical (unpaired) electrons. The molecule has 0 atom stereocenters. The molecule has 4 heteroatoms. The van der Waals surface area contributed by atoms with E-state index < -0.39 is 5.54 Å². The maximum absolute atomic E-state index is 12.3. The third-order valence-electron chi connectivity index (χ3n) is 3.17. The van der Waals surface area contributed by atoms with Crippen LogP contribution in [0, 0.1) is 12.3 Å². The van der Waals surface area contributed by atoms with E-state index >= 15 is 0 Å². The average molecular weight is 222 g/mol. The lowest BCUT2D eigenvalue weighted by Gasteiger charge is -2.32. The molecule has 1 rings (SSSR count). The molecule has 4 nitrogen and oxygen atoms in total. The van der Waals surface area contributed by atoms with Crippen molar-refractivity contribution in [2.24, 2.45) is 0 Å². The van der Waals surface area contributed by atoms with E-state index in [1.54, 1.807) is 4.90 Å². The monoisotopic (exact) mass is 222 g/mol. The molecule has 1 fully saturated rings. The summed E-state index contributed by atoms with van der Waals surface area (Å²) in [7, 11) is 0. The van der Waals surface area contributed by atoms with Gasteiger partial charge in [-0.25, -0.2) is 0 Å². The number of hydrogen-bond donors (Lipinski definition) is 1. The van der Waals surface area contributed by atoms with Gasteiger partial charge in [0.2, 0.25) is 11.8 Å². The van der Waals surface area contributed by atoms with Crippen molar-refractivity contribution in [3.05, 3.63) is 0 Å². The number of rotatable bonds is 3. The second kappa shape index (κ2) is 5.02. The van der Waals surface area contributed by atoms with Crippen molar-refractivity contribution in [3.63, 3.8) is 0 Å². The highest BCUT2D eigenvalue weighted by atomic mass is 16.2. The molecule has 0 aromatic heterocycles. The number of amides is 2. The summed E-state index contributed by atoms with van der Waals surface area (Å²) in [6.07, 6.45) is 6.74.